The lowest BCUT2D eigenvalue weighted by atomic mass is 10.1. The largest absolute Gasteiger partial charge is 0.406 e. The van der Waals surface area contributed by atoms with E-state index in [1.165, 1.54) is 6.07 Å². The number of hydrogen-bond donors (Lipinski definition) is 2. The van der Waals surface area contributed by atoms with E-state index in [1.807, 2.05) is 0 Å². The van der Waals surface area contributed by atoms with Crippen LogP contribution < -0.4 is 10.6 Å². The van der Waals surface area contributed by atoms with E-state index in [-0.39, 0.29) is 17.6 Å². The lowest BCUT2D eigenvalue weighted by molar-refractivity contribution is 0.102. The summed E-state index contributed by atoms with van der Waals surface area (Å²) in [6.07, 6.45) is 1.98. The number of benzene rings is 1. The Bertz CT molecular complexity index is 644. The second-order valence-corrected chi connectivity index (χ2v) is 5.07. The maximum absolute atomic E-state index is 13.3. The van der Waals surface area contributed by atoms with E-state index >= 15 is 0 Å². The first-order valence-electron chi connectivity index (χ1n) is 6.77. The molecule has 0 aliphatic carbocycles. The van der Waals surface area contributed by atoms with Crippen molar-refractivity contribution in [3.63, 3.8) is 0 Å². The van der Waals surface area contributed by atoms with E-state index in [1.54, 1.807) is 13.0 Å². The van der Waals surface area contributed by atoms with Crippen LogP contribution >= 0.6 is 0 Å². The van der Waals surface area contributed by atoms with Crippen molar-refractivity contribution in [2.24, 2.45) is 0 Å². The fourth-order valence-corrected chi connectivity index (χ4v) is 2.36. The van der Waals surface area contributed by atoms with Crippen molar-refractivity contribution in [3.8, 4) is 0 Å². The van der Waals surface area contributed by atoms with Crippen LogP contribution in [0.15, 0.2) is 22.6 Å². The van der Waals surface area contributed by atoms with Gasteiger partial charge in [0.1, 0.15) is 5.82 Å². The van der Waals surface area contributed by atoms with Crippen molar-refractivity contribution in [2.45, 2.75) is 25.8 Å². The van der Waals surface area contributed by atoms with Gasteiger partial charge in [-0.3, -0.25) is 10.1 Å². The molecule has 2 heterocycles. The SMILES string of the molecule is Cc1cc(F)cc(C(=O)Nc2nnc(C3CCCN3)o2)c1. The highest BCUT2D eigenvalue weighted by molar-refractivity contribution is 6.03. The molecule has 2 aromatic rings. The average molecular weight is 290 g/mol. The Morgan fingerprint density at radius 2 is 2.29 bits per heavy atom. The van der Waals surface area contributed by atoms with Crippen LogP contribution in [0, 0.1) is 12.7 Å². The van der Waals surface area contributed by atoms with Crippen LogP contribution in [0.4, 0.5) is 10.4 Å². The molecule has 1 unspecified atom stereocenters. The molecule has 2 N–H and O–H groups in total. The summed E-state index contributed by atoms with van der Waals surface area (Å²) in [6.45, 7) is 2.63. The molecule has 0 bridgehead atoms. The fourth-order valence-electron chi connectivity index (χ4n) is 2.36. The van der Waals surface area contributed by atoms with E-state index in [0.717, 1.165) is 25.5 Å². The van der Waals surface area contributed by atoms with Crippen LogP contribution in [-0.4, -0.2) is 22.6 Å². The number of aromatic nitrogens is 2. The summed E-state index contributed by atoms with van der Waals surface area (Å²) >= 11 is 0. The van der Waals surface area contributed by atoms with Crippen molar-refractivity contribution in [3.05, 3.63) is 41.0 Å². The zero-order valence-corrected chi connectivity index (χ0v) is 11.5. The highest BCUT2D eigenvalue weighted by Crippen LogP contribution is 2.23. The lowest BCUT2D eigenvalue weighted by Gasteiger charge is -2.04. The Morgan fingerprint density at radius 1 is 1.43 bits per heavy atom. The molecule has 1 fully saturated rings. The standard InChI is InChI=1S/C14H15FN4O2/c1-8-5-9(7-10(15)6-8)12(20)17-14-19-18-13(21-14)11-3-2-4-16-11/h5-7,11,16H,2-4H2,1H3,(H,17,19,20). The number of anilines is 1. The second-order valence-electron chi connectivity index (χ2n) is 5.07. The Labute approximate surface area is 120 Å². The summed E-state index contributed by atoms with van der Waals surface area (Å²) in [6, 6.07) is 4.17. The van der Waals surface area contributed by atoms with Gasteiger partial charge in [0.15, 0.2) is 0 Å². The molecule has 21 heavy (non-hydrogen) atoms. The minimum atomic E-state index is -0.479. The molecular formula is C14H15FN4O2. The monoisotopic (exact) mass is 290 g/mol. The molecule has 0 spiro atoms. The van der Waals surface area contributed by atoms with E-state index in [9.17, 15) is 9.18 Å². The number of rotatable bonds is 3. The first-order chi connectivity index (χ1) is 10.1. The highest BCUT2D eigenvalue weighted by Gasteiger charge is 2.22. The summed E-state index contributed by atoms with van der Waals surface area (Å²) < 4.78 is 18.7. The van der Waals surface area contributed by atoms with Gasteiger partial charge in [0.2, 0.25) is 5.89 Å². The first-order valence-corrected chi connectivity index (χ1v) is 6.77. The van der Waals surface area contributed by atoms with Gasteiger partial charge in [0, 0.05) is 5.56 Å². The van der Waals surface area contributed by atoms with Gasteiger partial charge in [-0.15, -0.1) is 5.10 Å². The molecule has 3 rings (SSSR count). The molecule has 1 aliphatic rings. The third-order valence-corrected chi connectivity index (χ3v) is 3.32. The summed E-state index contributed by atoms with van der Waals surface area (Å²) in [5.74, 6) is -0.480. The molecule has 1 saturated heterocycles. The highest BCUT2D eigenvalue weighted by atomic mass is 19.1. The predicted molar refractivity (Wildman–Crippen MR) is 73.4 cm³/mol. The number of carbonyl (C=O) groups excluding carboxylic acids is 1. The van der Waals surface area contributed by atoms with Crippen molar-refractivity contribution in [2.75, 3.05) is 11.9 Å². The van der Waals surface area contributed by atoms with Crippen LogP contribution in [-0.2, 0) is 0 Å². The molecule has 0 saturated carbocycles. The van der Waals surface area contributed by atoms with Crippen LogP contribution in [0.5, 0.6) is 0 Å². The zero-order valence-electron chi connectivity index (χ0n) is 11.5. The molecule has 7 heteroatoms. The Morgan fingerprint density at radius 3 is 3.00 bits per heavy atom. The van der Waals surface area contributed by atoms with Gasteiger partial charge in [-0.2, -0.15) is 0 Å². The third-order valence-electron chi connectivity index (χ3n) is 3.32. The van der Waals surface area contributed by atoms with Gasteiger partial charge in [0.05, 0.1) is 6.04 Å². The number of carbonyl (C=O) groups is 1. The lowest BCUT2D eigenvalue weighted by Crippen LogP contribution is -2.13. The van der Waals surface area contributed by atoms with Crippen LogP contribution in [0.1, 0.15) is 40.7 Å². The van der Waals surface area contributed by atoms with Gasteiger partial charge >= 0.3 is 6.01 Å². The van der Waals surface area contributed by atoms with Crippen LogP contribution in [0.2, 0.25) is 0 Å². The van der Waals surface area contributed by atoms with Crippen molar-refractivity contribution < 1.29 is 13.6 Å². The maximum atomic E-state index is 13.3. The first kappa shape index (κ1) is 13.7. The molecular weight excluding hydrogens is 275 g/mol. The van der Waals surface area contributed by atoms with E-state index in [2.05, 4.69) is 20.8 Å². The number of aryl methyl sites for hydroxylation is 1. The minimum absolute atomic E-state index is 0.0191. The number of hydrogen-bond acceptors (Lipinski definition) is 5. The van der Waals surface area contributed by atoms with Crippen LogP contribution in [0.3, 0.4) is 0 Å². The Hall–Kier alpha value is -2.28. The van der Waals surface area contributed by atoms with E-state index in [0.29, 0.717) is 11.5 Å². The molecule has 0 radical (unpaired) electrons. The number of halogens is 1. The van der Waals surface area contributed by atoms with Gasteiger partial charge in [0.25, 0.3) is 5.91 Å². The van der Waals surface area contributed by atoms with E-state index in [4.69, 9.17) is 4.42 Å². The summed E-state index contributed by atoms with van der Waals surface area (Å²) in [5, 5.41) is 13.4. The number of nitrogens with one attached hydrogen (secondary N) is 2. The third kappa shape index (κ3) is 3.08. The average Bonchev–Trinajstić information content (AvgIpc) is 3.07. The van der Waals surface area contributed by atoms with Gasteiger partial charge in [-0.25, -0.2) is 4.39 Å². The predicted octanol–water partition coefficient (Wildman–Crippen LogP) is 2.19. The molecule has 1 amide bonds. The Kier molecular flexibility index (Phi) is 3.66. The molecule has 1 atom stereocenters. The smallest absolute Gasteiger partial charge is 0.322 e. The summed E-state index contributed by atoms with van der Waals surface area (Å²) in [7, 11) is 0. The quantitative estimate of drug-likeness (QED) is 0.905. The number of amides is 1. The summed E-state index contributed by atoms with van der Waals surface area (Å²) in [4.78, 5) is 12.0. The normalized spacial score (nSPS) is 17.9. The topological polar surface area (TPSA) is 80.0 Å². The maximum Gasteiger partial charge on any atom is 0.322 e. The molecule has 1 aliphatic heterocycles. The fraction of sp³-hybridized carbons (Fsp3) is 0.357. The Balaban J connectivity index is 1.72. The van der Waals surface area contributed by atoms with Crippen molar-refractivity contribution >= 4 is 11.9 Å². The number of nitrogens with zero attached hydrogens (tertiary/aromatic N) is 2. The van der Waals surface area contributed by atoms with Crippen molar-refractivity contribution in [1.29, 1.82) is 0 Å². The van der Waals surface area contributed by atoms with Gasteiger partial charge < -0.3 is 9.73 Å². The molecule has 6 nitrogen and oxygen atoms in total. The second kappa shape index (κ2) is 5.61. The van der Waals surface area contributed by atoms with E-state index < -0.39 is 11.7 Å². The van der Waals surface area contributed by atoms with Gasteiger partial charge in [-0.05, 0) is 50.1 Å². The van der Waals surface area contributed by atoms with Crippen molar-refractivity contribution in [1.82, 2.24) is 15.5 Å². The van der Waals surface area contributed by atoms with Crippen LogP contribution in [0.25, 0.3) is 0 Å². The zero-order chi connectivity index (χ0) is 14.8. The molecule has 1 aromatic heterocycles. The minimum Gasteiger partial charge on any atom is -0.406 e. The molecule has 110 valence electrons. The van der Waals surface area contributed by atoms with Gasteiger partial charge in [-0.1, -0.05) is 5.10 Å². The summed E-state index contributed by atoms with van der Waals surface area (Å²) in [5.41, 5.74) is 0.882. The molecule has 1 aromatic carbocycles.